The number of hydrogen-bond acceptors (Lipinski definition) is 3. The number of rotatable bonds is 4. The van der Waals surface area contributed by atoms with Gasteiger partial charge in [-0.05, 0) is 47.6 Å². The predicted molar refractivity (Wildman–Crippen MR) is 81.2 cm³/mol. The van der Waals surface area contributed by atoms with Crippen LogP contribution in [-0.4, -0.2) is 17.3 Å². The van der Waals surface area contributed by atoms with Crippen molar-refractivity contribution in [2.45, 2.75) is 25.0 Å². The van der Waals surface area contributed by atoms with Crippen LogP contribution in [0.4, 0.5) is 0 Å². The van der Waals surface area contributed by atoms with Crippen LogP contribution in [0.2, 0.25) is 0 Å². The van der Waals surface area contributed by atoms with Gasteiger partial charge in [0, 0.05) is 0 Å². The molecular formula is C18H20O3. The average Bonchev–Trinajstić information content (AvgIpc) is 2.84. The summed E-state index contributed by atoms with van der Waals surface area (Å²) in [6.07, 6.45) is 0.289. The van der Waals surface area contributed by atoms with Crippen LogP contribution in [0.15, 0.2) is 48.5 Å². The Labute approximate surface area is 124 Å². The molecule has 1 aliphatic rings. The van der Waals surface area contributed by atoms with Gasteiger partial charge in [-0.3, -0.25) is 0 Å². The van der Waals surface area contributed by atoms with Crippen molar-refractivity contribution in [1.29, 1.82) is 0 Å². The first-order valence-electron chi connectivity index (χ1n) is 7.27. The summed E-state index contributed by atoms with van der Waals surface area (Å²) in [6.45, 7) is 0. The molecule has 0 saturated heterocycles. The Morgan fingerprint density at radius 1 is 1.19 bits per heavy atom. The fraction of sp³-hybridized carbons (Fsp3) is 0.333. The van der Waals surface area contributed by atoms with Crippen molar-refractivity contribution >= 4 is 0 Å². The molecule has 3 unspecified atom stereocenters. The van der Waals surface area contributed by atoms with Crippen LogP contribution in [0.3, 0.4) is 0 Å². The zero-order valence-corrected chi connectivity index (χ0v) is 12.1. The molecule has 0 aromatic heterocycles. The van der Waals surface area contributed by atoms with E-state index in [4.69, 9.17) is 4.74 Å². The first-order chi connectivity index (χ1) is 10.2. The van der Waals surface area contributed by atoms with E-state index in [2.05, 4.69) is 6.07 Å². The van der Waals surface area contributed by atoms with Gasteiger partial charge in [-0.25, -0.2) is 0 Å². The van der Waals surface area contributed by atoms with Crippen molar-refractivity contribution in [2.24, 2.45) is 5.92 Å². The van der Waals surface area contributed by atoms with E-state index in [1.54, 1.807) is 7.11 Å². The molecule has 1 aliphatic carbocycles. The van der Waals surface area contributed by atoms with Crippen LogP contribution in [0.1, 0.15) is 35.3 Å². The van der Waals surface area contributed by atoms with Gasteiger partial charge in [0.05, 0.1) is 19.3 Å². The highest BCUT2D eigenvalue weighted by atomic mass is 16.5. The van der Waals surface area contributed by atoms with E-state index in [1.807, 2.05) is 42.5 Å². The minimum absolute atomic E-state index is 0.0589. The summed E-state index contributed by atoms with van der Waals surface area (Å²) in [4.78, 5) is 0. The van der Waals surface area contributed by atoms with Gasteiger partial charge in [0.25, 0.3) is 0 Å². The first kappa shape index (κ1) is 14.1. The highest BCUT2D eigenvalue weighted by Crippen LogP contribution is 2.40. The number of ether oxygens (including phenoxy) is 1. The topological polar surface area (TPSA) is 49.7 Å². The highest BCUT2D eigenvalue weighted by molar-refractivity contribution is 5.35. The largest absolute Gasteiger partial charge is 0.497 e. The van der Waals surface area contributed by atoms with Crippen molar-refractivity contribution in [1.82, 2.24) is 0 Å². The van der Waals surface area contributed by atoms with Crippen LogP contribution in [-0.2, 0) is 6.42 Å². The van der Waals surface area contributed by atoms with Crippen molar-refractivity contribution < 1.29 is 14.9 Å². The predicted octanol–water partition coefficient (Wildman–Crippen LogP) is 3.02. The fourth-order valence-electron chi connectivity index (χ4n) is 3.14. The fourth-order valence-corrected chi connectivity index (χ4v) is 3.14. The molecule has 3 rings (SSSR count). The lowest BCUT2D eigenvalue weighted by Gasteiger charge is -2.19. The first-order valence-corrected chi connectivity index (χ1v) is 7.27. The Kier molecular flexibility index (Phi) is 3.95. The summed E-state index contributed by atoms with van der Waals surface area (Å²) in [6, 6.07) is 15.4. The number of methoxy groups -OCH3 is 1. The van der Waals surface area contributed by atoms with E-state index in [0.29, 0.717) is 6.42 Å². The summed E-state index contributed by atoms with van der Waals surface area (Å²) in [5.41, 5.74) is 3.02. The van der Waals surface area contributed by atoms with Gasteiger partial charge in [0.15, 0.2) is 0 Å². The van der Waals surface area contributed by atoms with Crippen LogP contribution >= 0.6 is 0 Å². The molecule has 0 bridgehead atoms. The van der Waals surface area contributed by atoms with E-state index >= 15 is 0 Å². The molecule has 21 heavy (non-hydrogen) atoms. The Balaban J connectivity index is 1.73. The maximum atomic E-state index is 10.4. The third kappa shape index (κ3) is 2.80. The van der Waals surface area contributed by atoms with Crippen molar-refractivity contribution in [2.75, 3.05) is 7.11 Å². The maximum Gasteiger partial charge on any atom is 0.119 e. The summed E-state index contributed by atoms with van der Waals surface area (Å²) < 4.78 is 5.19. The third-order valence-electron chi connectivity index (χ3n) is 4.31. The van der Waals surface area contributed by atoms with Gasteiger partial charge in [0.1, 0.15) is 5.75 Å². The minimum atomic E-state index is -0.589. The smallest absolute Gasteiger partial charge is 0.119 e. The van der Waals surface area contributed by atoms with Gasteiger partial charge >= 0.3 is 0 Å². The van der Waals surface area contributed by atoms with Gasteiger partial charge in [-0.2, -0.15) is 0 Å². The Morgan fingerprint density at radius 3 is 2.76 bits per heavy atom. The van der Waals surface area contributed by atoms with Crippen LogP contribution in [0.25, 0.3) is 0 Å². The second-order valence-electron chi connectivity index (χ2n) is 5.64. The van der Waals surface area contributed by atoms with E-state index in [9.17, 15) is 10.2 Å². The van der Waals surface area contributed by atoms with Crippen LogP contribution in [0.5, 0.6) is 5.75 Å². The summed E-state index contributed by atoms with van der Waals surface area (Å²) in [7, 11) is 1.61. The zero-order valence-electron chi connectivity index (χ0n) is 12.1. The molecule has 0 saturated carbocycles. The highest BCUT2D eigenvalue weighted by Gasteiger charge is 2.32. The third-order valence-corrected chi connectivity index (χ3v) is 4.31. The zero-order chi connectivity index (χ0) is 14.8. The number of aliphatic hydroxyl groups excluding tert-OH is 2. The molecular weight excluding hydrogens is 264 g/mol. The van der Waals surface area contributed by atoms with Gasteiger partial charge in [-0.15, -0.1) is 0 Å². The van der Waals surface area contributed by atoms with Crippen molar-refractivity contribution in [3.8, 4) is 5.75 Å². The van der Waals surface area contributed by atoms with Crippen molar-refractivity contribution in [3.63, 3.8) is 0 Å². The van der Waals surface area contributed by atoms with E-state index < -0.39 is 12.2 Å². The van der Waals surface area contributed by atoms with Gasteiger partial charge in [0.2, 0.25) is 0 Å². The Hall–Kier alpha value is -1.84. The Morgan fingerprint density at radius 2 is 2.00 bits per heavy atom. The normalized spacial score (nSPS) is 21.9. The SMILES string of the molecule is COc1cccc(C(O)CC2Cc3ccccc3C2O)c1. The molecule has 2 aromatic rings. The standard InChI is InChI=1S/C18H20O3/c1-21-15-7-4-6-13(10-15)17(19)11-14-9-12-5-2-3-8-16(12)18(14)20/h2-8,10,14,17-20H,9,11H2,1H3. The monoisotopic (exact) mass is 284 g/mol. The summed E-state index contributed by atoms with van der Waals surface area (Å²) >= 11 is 0. The quantitative estimate of drug-likeness (QED) is 0.907. The van der Waals surface area contributed by atoms with Crippen molar-refractivity contribution in [3.05, 3.63) is 65.2 Å². The number of benzene rings is 2. The molecule has 0 amide bonds. The molecule has 3 heteroatoms. The molecule has 3 nitrogen and oxygen atoms in total. The van der Waals surface area contributed by atoms with E-state index in [1.165, 1.54) is 5.56 Å². The molecule has 0 fully saturated rings. The minimum Gasteiger partial charge on any atom is -0.497 e. The summed E-state index contributed by atoms with van der Waals surface area (Å²) in [5, 5.41) is 20.8. The van der Waals surface area contributed by atoms with Crippen LogP contribution < -0.4 is 4.74 Å². The molecule has 3 atom stereocenters. The van der Waals surface area contributed by atoms with E-state index in [-0.39, 0.29) is 5.92 Å². The second-order valence-corrected chi connectivity index (χ2v) is 5.64. The molecule has 2 aromatic carbocycles. The number of fused-ring (bicyclic) bond motifs is 1. The lowest BCUT2D eigenvalue weighted by atomic mass is 9.93. The summed E-state index contributed by atoms with van der Waals surface area (Å²) in [5.74, 6) is 0.797. The average molecular weight is 284 g/mol. The Bertz CT molecular complexity index is 623. The molecule has 0 aliphatic heterocycles. The van der Waals surface area contributed by atoms with Gasteiger partial charge < -0.3 is 14.9 Å². The molecule has 0 heterocycles. The molecule has 2 N–H and O–H groups in total. The number of aliphatic hydroxyl groups is 2. The maximum absolute atomic E-state index is 10.4. The lowest BCUT2D eigenvalue weighted by molar-refractivity contribution is 0.0714. The molecule has 0 radical (unpaired) electrons. The molecule has 0 spiro atoms. The molecule has 110 valence electrons. The second kappa shape index (κ2) is 5.88. The van der Waals surface area contributed by atoms with Crippen LogP contribution in [0, 0.1) is 5.92 Å². The lowest BCUT2D eigenvalue weighted by Crippen LogP contribution is -2.12. The number of hydrogen-bond donors (Lipinski definition) is 2. The van der Waals surface area contributed by atoms with Gasteiger partial charge in [-0.1, -0.05) is 36.4 Å². The van der Waals surface area contributed by atoms with E-state index in [0.717, 1.165) is 23.3 Å².